The van der Waals surface area contributed by atoms with Gasteiger partial charge in [0.2, 0.25) is 11.0 Å². The SMILES string of the molecule is CCS[C@@H]1[C@@H]([C@@H](C)O[Si](C)(C)C(C)(C)C)C(=O)N1C(C(=O)OCc1ccc([N+](=O)[O-])cc1)=C(Oc1ccsc1C(=O)OC)SC(=O)C(C)(C)C. The largest absolute Gasteiger partial charge is 0.465 e. The van der Waals surface area contributed by atoms with E-state index < -0.39 is 53.9 Å². The molecule has 0 N–H and O–H groups in total. The van der Waals surface area contributed by atoms with Gasteiger partial charge in [-0.1, -0.05) is 48.5 Å². The van der Waals surface area contributed by atoms with Crippen molar-refractivity contribution in [1.29, 1.82) is 0 Å². The number of benzene rings is 1. The summed E-state index contributed by atoms with van der Waals surface area (Å²) in [7, 11) is -1.08. The Morgan fingerprint density at radius 1 is 1.08 bits per heavy atom. The van der Waals surface area contributed by atoms with Crippen LogP contribution in [-0.2, 0) is 34.9 Å². The number of nitrogens with zero attached hydrogens (tertiary/aromatic N) is 2. The van der Waals surface area contributed by atoms with Gasteiger partial charge in [0.15, 0.2) is 29.7 Å². The number of rotatable bonds is 14. The first-order chi connectivity index (χ1) is 23.1. The maximum absolute atomic E-state index is 14.3. The Kier molecular flexibility index (Phi) is 13.6. The molecule has 1 aliphatic rings. The standard InChI is InChI=1S/C34H46N2O10S3Si/c1-12-47-28-24(20(2)46-50(10,11)34(6,7)8)27(37)35(28)25(29(38)44-19-21-13-15-22(16-14-21)36(41)42)31(49-32(40)33(3,4)5)45-23-17-18-48-26(23)30(39)43-9/h13-18,20,24,28H,12,19H2,1-11H3/t20-,24+,28-/m1/s1. The number of hydrogen-bond acceptors (Lipinski definition) is 13. The average Bonchev–Trinajstić information content (AvgIpc) is 3.48. The van der Waals surface area contributed by atoms with Gasteiger partial charge in [-0.15, -0.1) is 23.1 Å². The molecule has 12 nitrogen and oxygen atoms in total. The highest BCUT2D eigenvalue weighted by molar-refractivity contribution is 8.16. The van der Waals surface area contributed by atoms with Crippen LogP contribution in [0.1, 0.15) is 70.6 Å². The van der Waals surface area contributed by atoms with Crippen LogP contribution in [0.3, 0.4) is 0 Å². The Morgan fingerprint density at radius 2 is 1.70 bits per heavy atom. The van der Waals surface area contributed by atoms with Gasteiger partial charge in [-0.25, -0.2) is 9.59 Å². The van der Waals surface area contributed by atoms with Crippen molar-refractivity contribution in [2.75, 3.05) is 12.9 Å². The second-order valence-corrected chi connectivity index (χ2v) is 22.2. The third kappa shape index (κ3) is 9.57. The molecule has 0 unspecified atom stereocenters. The fourth-order valence-corrected chi connectivity index (χ4v) is 8.80. The summed E-state index contributed by atoms with van der Waals surface area (Å²) in [4.78, 5) is 66.6. The lowest BCUT2D eigenvalue weighted by molar-refractivity contribution is -0.384. The molecule has 50 heavy (non-hydrogen) atoms. The van der Waals surface area contributed by atoms with E-state index in [-0.39, 0.29) is 43.9 Å². The van der Waals surface area contributed by atoms with Crippen LogP contribution >= 0.6 is 34.9 Å². The van der Waals surface area contributed by atoms with E-state index in [9.17, 15) is 29.3 Å². The zero-order valence-corrected chi connectivity index (χ0v) is 33.8. The molecule has 1 saturated heterocycles. The number of non-ortho nitro benzene ring substituents is 1. The topological polar surface area (TPSA) is 152 Å². The first-order valence-corrected chi connectivity index (χ1v) is 21.6. The number of carbonyl (C=O) groups excluding carboxylic acids is 4. The molecule has 1 aromatic carbocycles. The molecule has 3 atom stereocenters. The minimum absolute atomic E-state index is 0.0329. The summed E-state index contributed by atoms with van der Waals surface area (Å²) in [5.74, 6) is -2.06. The number of amides is 1. The molecule has 1 aliphatic heterocycles. The molecule has 16 heteroatoms. The predicted molar refractivity (Wildman–Crippen MR) is 198 cm³/mol. The number of thiophene rings is 1. The summed E-state index contributed by atoms with van der Waals surface area (Å²) < 4.78 is 23.5. The van der Waals surface area contributed by atoms with Crippen molar-refractivity contribution in [3.63, 3.8) is 0 Å². The zero-order valence-electron chi connectivity index (χ0n) is 30.3. The first kappa shape index (κ1) is 41.2. The molecular weight excluding hydrogens is 721 g/mol. The molecule has 2 heterocycles. The molecule has 0 radical (unpaired) electrons. The Bertz CT molecular complexity index is 1630. The van der Waals surface area contributed by atoms with Crippen molar-refractivity contribution in [1.82, 2.24) is 4.90 Å². The van der Waals surface area contributed by atoms with E-state index in [4.69, 9.17) is 18.6 Å². The zero-order chi connectivity index (χ0) is 37.8. The Hall–Kier alpha value is -3.18. The van der Waals surface area contributed by atoms with Gasteiger partial charge < -0.3 is 18.6 Å². The van der Waals surface area contributed by atoms with Gasteiger partial charge in [0.1, 0.15) is 6.61 Å². The average molecular weight is 767 g/mol. The summed E-state index contributed by atoms with van der Waals surface area (Å²) in [5, 5.41) is 11.4. The monoisotopic (exact) mass is 766 g/mol. The number of ether oxygens (including phenoxy) is 3. The van der Waals surface area contributed by atoms with E-state index in [1.807, 2.05) is 13.8 Å². The van der Waals surface area contributed by atoms with Crippen LogP contribution in [0.5, 0.6) is 5.75 Å². The number of nitro benzene ring substituents is 1. The van der Waals surface area contributed by atoms with Gasteiger partial charge in [0.25, 0.3) is 5.69 Å². The normalized spacial score (nSPS) is 17.7. The lowest BCUT2D eigenvalue weighted by atomic mass is 9.92. The van der Waals surface area contributed by atoms with Gasteiger partial charge >= 0.3 is 11.9 Å². The summed E-state index contributed by atoms with van der Waals surface area (Å²) in [6, 6.07) is 7.00. The maximum Gasteiger partial charge on any atom is 0.359 e. The number of esters is 2. The molecule has 0 saturated carbocycles. The minimum Gasteiger partial charge on any atom is -0.465 e. The summed E-state index contributed by atoms with van der Waals surface area (Å²) >= 11 is 3.12. The summed E-state index contributed by atoms with van der Waals surface area (Å²) in [6.45, 7) is 19.2. The van der Waals surface area contributed by atoms with Crippen molar-refractivity contribution < 1.29 is 42.7 Å². The molecule has 3 rings (SSSR count). The van der Waals surface area contributed by atoms with E-state index in [0.717, 1.165) is 11.3 Å². The quantitative estimate of drug-likeness (QED) is 0.0349. The molecule has 0 bridgehead atoms. The summed E-state index contributed by atoms with van der Waals surface area (Å²) in [5.41, 5.74) is -0.865. The molecular formula is C34H46N2O10S3Si. The fraction of sp³-hybridized carbons (Fsp3) is 0.529. The van der Waals surface area contributed by atoms with Crippen LogP contribution in [-0.4, -0.2) is 65.4 Å². The number of nitro groups is 1. The lowest BCUT2D eigenvalue weighted by Crippen LogP contribution is -2.64. The van der Waals surface area contributed by atoms with Crippen LogP contribution in [0, 0.1) is 21.4 Å². The Balaban J connectivity index is 2.18. The Labute approximate surface area is 306 Å². The van der Waals surface area contributed by atoms with Crippen molar-refractivity contribution in [2.24, 2.45) is 11.3 Å². The molecule has 1 aromatic heterocycles. The molecule has 274 valence electrons. The van der Waals surface area contributed by atoms with Gasteiger partial charge in [0.05, 0.1) is 29.4 Å². The van der Waals surface area contributed by atoms with Crippen molar-refractivity contribution in [2.45, 2.75) is 91.6 Å². The molecule has 0 spiro atoms. The Morgan fingerprint density at radius 3 is 2.22 bits per heavy atom. The number of hydrogen-bond donors (Lipinski definition) is 0. The van der Waals surface area contributed by atoms with E-state index >= 15 is 0 Å². The number of thioether (sulfide) groups is 2. The number of methoxy groups -OCH3 is 1. The minimum atomic E-state index is -2.30. The van der Waals surface area contributed by atoms with Crippen molar-refractivity contribution in [3.8, 4) is 5.75 Å². The van der Waals surface area contributed by atoms with E-state index in [1.54, 1.807) is 26.2 Å². The first-order valence-electron chi connectivity index (χ1n) is 16.0. The van der Waals surface area contributed by atoms with Crippen molar-refractivity contribution in [3.05, 3.63) is 67.1 Å². The van der Waals surface area contributed by atoms with Crippen LogP contribution in [0.25, 0.3) is 0 Å². The highest BCUT2D eigenvalue weighted by atomic mass is 32.2. The smallest absolute Gasteiger partial charge is 0.359 e. The van der Waals surface area contributed by atoms with E-state index in [0.29, 0.717) is 23.1 Å². The third-order valence-corrected chi connectivity index (χ3v) is 16.2. The maximum atomic E-state index is 14.3. The molecule has 1 fully saturated rings. The number of β-lactam (4-membered cyclic amide) rings is 1. The van der Waals surface area contributed by atoms with Gasteiger partial charge in [-0.3, -0.25) is 24.6 Å². The molecule has 1 amide bonds. The third-order valence-electron chi connectivity index (χ3n) is 8.36. The van der Waals surface area contributed by atoms with Gasteiger partial charge in [0, 0.05) is 17.5 Å². The van der Waals surface area contributed by atoms with Gasteiger partial charge in [-0.2, -0.15) is 0 Å². The molecule has 2 aromatic rings. The highest BCUT2D eigenvalue weighted by Crippen LogP contribution is 2.47. The van der Waals surface area contributed by atoms with Crippen LogP contribution in [0.4, 0.5) is 5.69 Å². The predicted octanol–water partition coefficient (Wildman–Crippen LogP) is 7.99. The number of likely N-dealkylation sites (tertiary alicyclic amines) is 1. The molecule has 0 aliphatic carbocycles. The van der Waals surface area contributed by atoms with Crippen LogP contribution in [0.15, 0.2) is 46.5 Å². The summed E-state index contributed by atoms with van der Waals surface area (Å²) in [6.07, 6.45) is -0.489. The lowest BCUT2D eigenvalue weighted by Gasteiger charge is -2.51. The second kappa shape index (κ2) is 16.4. The highest BCUT2D eigenvalue weighted by Gasteiger charge is 2.56. The fourth-order valence-electron chi connectivity index (χ4n) is 4.51. The second-order valence-electron chi connectivity index (χ2n) is 14.1. The van der Waals surface area contributed by atoms with E-state index in [1.165, 1.54) is 54.1 Å². The van der Waals surface area contributed by atoms with Gasteiger partial charge in [-0.05, 0) is 71.7 Å². The van der Waals surface area contributed by atoms with Crippen LogP contribution in [0.2, 0.25) is 18.1 Å². The number of carbonyl (C=O) groups is 4. The van der Waals surface area contributed by atoms with Crippen LogP contribution < -0.4 is 4.74 Å². The van der Waals surface area contributed by atoms with Crippen molar-refractivity contribution >= 4 is 71.8 Å². The van der Waals surface area contributed by atoms with E-state index in [2.05, 4.69) is 33.9 Å².